The van der Waals surface area contributed by atoms with Crippen LogP contribution in [-0.2, 0) is 19.2 Å². The van der Waals surface area contributed by atoms with E-state index < -0.39 is 42.3 Å². The number of nitrogens with zero attached hydrogens (tertiary/aromatic N) is 1. The fourth-order valence-corrected chi connectivity index (χ4v) is 1.58. The van der Waals surface area contributed by atoms with Gasteiger partial charge in [-0.1, -0.05) is 0 Å². The quantitative estimate of drug-likeness (QED) is 0.539. The Hall–Kier alpha value is -1.67. The number of likely N-dealkylation sites (tertiary alicyclic amines) is 1. The monoisotopic (exact) mass is 293 g/mol. The van der Waals surface area contributed by atoms with Crippen molar-refractivity contribution in [3.8, 4) is 0 Å². The first kappa shape index (κ1) is 17.3. The summed E-state index contributed by atoms with van der Waals surface area (Å²) in [5.41, 5.74) is 5.34. The number of carbonyl (C=O) groups excluding carboxylic acids is 3. The topological polar surface area (TPSA) is 130 Å². The Kier molecular flexibility index (Phi) is 6.43. The maximum absolute atomic E-state index is 11.8. The first-order valence-corrected chi connectivity index (χ1v) is 5.45. The number of amides is 3. The van der Waals surface area contributed by atoms with Gasteiger partial charge in [0.25, 0.3) is 5.91 Å². The third kappa shape index (κ3) is 4.49. The fraction of sp³-hybridized carbons (Fsp3) is 0.600. The highest BCUT2D eigenvalue weighted by atomic mass is 35.5. The molecule has 9 heteroatoms. The van der Waals surface area contributed by atoms with Crippen LogP contribution in [-0.4, -0.2) is 52.3 Å². The molecule has 0 aromatic heterocycles. The normalized spacial score (nSPS) is 20.5. The standard InChI is InChI=1S/C10H15N3O5.ClH/c1-5(11)9(17)12-6-2-3-7(14)13(10(6)18)4-8(15)16;/h5-6H,2-4,11H2,1H3,(H,12,17)(H,15,16);1H/t5-,6-;/m0./s1. The van der Waals surface area contributed by atoms with Crippen LogP contribution in [0.25, 0.3) is 0 Å². The van der Waals surface area contributed by atoms with Crippen molar-refractivity contribution in [3.63, 3.8) is 0 Å². The molecule has 0 aromatic carbocycles. The van der Waals surface area contributed by atoms with Gasteiger partial charge in [0.1, 0.15) is 12.6 Å². The lowest BCUT2D eigenvalue weighted by Gasteiger charge is -2.30. The maximum atomic E-state index is 11.8. The molecule has 1 heterocycles. The first-order chi connectivity index (χ1) is 8.32. The molecule has 0 aliphatic carbocycles. The van der Waals surface area contributed by atoms with E-state index in [9.17, 15) is 19.2 Å². The molecule has 1 aliphatic rings. The summed E-state index contributed by atoms with van der Waals surface area (Å²) in [5, 5.41) is 11.0. The average molecular weight is 294 g/mol. The summed E-state index contributed by atoms with van der Waals surface area (Å²) in [5.74, 6) is -3.05. The molecule has 19 heavy (non-hydrogen) atoms. The molecule has 0 unspecified atom stereocenters. The van der Waals surface area contributed by atoms with Gasteiger partial charge in [0.05, 0.1) is 6.04 Å². The van der Waals surface area contributed by atoms with Crippen LogP contribution in [0.15, 0.2) is 0 Å². The highest BCUT2D eigenvalue weighted by molar-refractivity contribution is 6.03. The number of hydrogen-bond acceptors (Lipinski definition) is 5. The van der Waals surface area contributed by atoms with Crippen LogP contribution in [0.1, 0.15) is 19.8 Å². The number of halogens is 1. The Balaban J connectivity index is 0.00000324. The maximum Gasteiger partial charge on any atom is 0.323 e. The zero-order valence-corrected chi connectivity index (χ0v) is 11.1. The second kappa shape index (κ2) is 7.05. The molecule has 0 saturated carbocycles. The smallest absolute Gasteiger partial charge is 0.323 e. The van der Waals surface area contributed by atoms with Crippen LogP contribution in [0, 0.1) is 0 Å². The Bertz CT molecular complexity index is 399. The molecule has 1 fully saturated rings. The van der Waals surface area contributed by atoms with E-state index in [4.69, 9.17) is 10.8 Å². The Labute approximate surface area is 115 Å². The molecule has 1 rings (SSSR count). The summed E-state index contributed by atoms with van der Waals surface area (Å²) in [6, 6.07) is -1.66. The molecular weight excluding hydrogens is 278 g/mol. The van der Waals surface area contributed by atoms with Crippen molar-refractivity contribution >= 4 is 36.1 Å². The molecule has 1 aliphatic heterocycles. The first-order valence-electron chi connectivity index (χ1n) is 5.45. The second-order valence-corrected chi connectivity index (χ2v) is 4.10. The van der Waals surface area contributed by atoms with Gasteiger partial charge >= 0.3 is 5.97 Å². The predicted octanol–water partition coefficient (Wildman–Crippen LogP) is -1.53. The van der Waals surface area contributed by atoms with Crippen molar-refractivity contribution < 1.29 is 24.3 Å². The van der Waals surface area contributed by atoms with Gasteiger partial charge in [-0.25, -0.2) is 0 Å². The van der Waals surface area contributed by atoms with Crippen LogP contribution in [0.3, 0.4) is 0 Å². The molecule has 0 aromatic rings. The summed E-state index contributed by atoms with van der Waals surface area (Å²) in [6.07, 6.45) is 0.176. The minimum absolute atomic E-state index is 0. The number of carboxylic acids is 1. The summed E-state index contributed by atoms with van der Waals surface area (Å²) in [4.78, 5) is 45.8. The third-order valence-electron chi connectivity index (χ3n) is 2.54. The third-order valence-corrected chi connectivity index (χ3v) is 2.54. The largest absolute Gasteiger partial charge is 0.480 e. The Morgan fingerprint density at radius 3 is 2.58 bits per heavy atom. The van der Waals surface area contributed by atoms with Crippen molar-refractivity contribution in [1.29, 1.82) is 0 Å². The van der Waals surface area contributed by atoms with E-state index in [1.807, 2.05) is 0 Å². The zero-order chi connectivity index (χ0) is 13.9. The minimum Gasteiger partial charge on any atom is -0.480 e. The van der Waals surface area contributed by atoms with Crippen molar-refractivity contribution in [3.05, 3.63) is 0 Å². The average Bonchev–Trinajstić information content (AvgIpc) is 2.27. The Morgan fingerprint density at radius 2 is 2.11 bits per heavy atom. The van der Waals surface area contributed by atoms with Crippen molar-refractivity contribution in [2.75, 3.05) is 6.54 Å². The van der Waals surface area contributed by atoms with Gasteiger partial charge < -0.3 is 16.2 Å². The van der Waals surface area contributed by atoms with Gasteiger partial charge in [0, 0.05) is 6.42 Å². The van der Waals surface area contributed by atoms with Gasteiger partial charge in [-0.2, -0.15) is 0 Å². The zero-order valence-electron chi connectivity index (χ0n) is 10.3. The van der Waals surface area contributed by atoms with E-state index in [1.165, 1.54) is 6.92 Å². The SMILES string of the molecule is C[C@H](N)C(=O)N[C@H]1CCC(=O)N(CC(=O)O)C1=O.Cl. The van der Waals surface area contributed by atoms with E-state index in [-0.39, 0.29) is 25.2 Å². The van der Waals surface area contributed by atoms with Crippen LogP contribution in [0.2, 0.25) is 0 Å². The lowest BCUT2D eigenvalue weighted by molar-refractivity contribution is -0.156. The summed E-state index contributed by atoms with van der Waals surface area (Å²) in [7, 11) is 0. The second-order valence-electron chi connectivity index (χ2n) is 4.10. The number of imide groups is 1. The number of nitrogens with two attached hydrogens (primary N) is 1. The van der Waals surface area contributed by atoms with Crippen LogP contribution < -0.4 is 11.1 Å². The van der Waals surface area contributed by atoms with E-state index in [0.29, 0.717) is 4.90 Å². The minimum atomic E-state index is -1.28. The molecular formula is C10H16ClN3O5. The summed E-state index contributed by atoms with van der Waals surface area (Å²) < 4.78 is 0. The van der Waals surface area contributed by atoms with Gasteiger partial charge in [0.2, 0.25) is 11.8 Å². The number of piperidine rings is 1. The van der Waals surface area contributed by atoms with E-state index in [1.54, 1.807) is 0 Å². The van der Waals surface area contributed by atoms with E-state index in [2.05, 4.69) is 5.32 Å². The molecule has 4 N–H and O–H groups in total. The van der Waals surface area contributed by atoms with Crippen LogP contribution in [0.5, 0.6) is 0 Å². The lowest BCUT2D eigenvalue weighted by atomic mass is 10.0. The van der Waals surface area contributed by atoms with Crippen molar-refractivity contribution in [2.24, 2.45) is 5.73 Å². The number of nitrogens with one attached hydrogen (secondary N) is 1. The lowest BCUT2D eigenvalue weighted by Crippen LogP contribution is -2.57. The van der Waals surface area contributed by atoms with Crippen LogP contribution >= 0.6 is 12.4 Å². The number of carbonyl (C=O) groups is 4. The highest BCUT2D eigenvalue weighted by Crippen LogP contribution is 2.13. The molecule has 108 valence electrons. The predicted molar refractivity (Wildman–Crippen MR) is 66.4 cm³/mol. The van der Waals surface area contributed by atoms with Gasteiger partial charge in [-0.3, -0.25) is 24.1 Å². The molecule has 0 radical (unpaired) electrons. The molecule has 3 amide bonds. The molecule has 1 saturated heterocycles. The van der Waals surface area contributed by atoms with Gasteiger partial charge in [0.15, 0.2) is 0 Å². The highest BCUT2D eigenvalue weighted by Gasteiger charge is 2.36. The van der Waals surface area contributed by atoms with Crippen LogP contribution in [0.4, 0.5) is 0 Å². The van der Waals surface area contributed by atoms with E-state index in [0.717, 1.165) is 0 Å². The number of rotatable bonds is 4. The van der Waals surface area contributed by atoms with E-state index >= 15 is 0 Å². The Morgan fingerprint density at radius 1 is 1.53 bits per heavy atom. The summed E-state index contributed by atoms with van der Waals surface area (Å²) in [6.45, 7) is 0.769. The number of hydrogen-bond donors (Lipinski definition) is 3. The fourth-order valence-electron chi connectivity index (χ4n) is 1.58. The molecule has 8 nitrogen and oxygen atoms in total. The van der Waals surface area contributed by atoms with Gasteiger partial charge in [-0.15, -0.1) is 12.4 Å². The molecule has 0 bridgehead atoms. The summed E-state index contributed by atoms with van der Waals surface area (Å²) >= 11 is 0. The van der Waals surface area contributed by atoms with Crippen molar-refractivity contribution in [2.45, 2.75) is 31.8 Å². The van der Waals surface area contributed by atoms with Crippen molar-refractivity contribution in [1.82, 2.24) is 10.2 Å². The van der Waals surface area contributed by atoms with Gasteiger partial charge in [-0.05, 0) is 13.3 Å². The molecule has 0 spiro atoms. The number of aliphatic carboxylic acids is 1. The number of carboxylic acid groups (broad SMARTS) is 1. The molecule has 2 atom stereocenters.